The zero-order chi connectivity index (χ0) is 22.7. The number of para-hydroxylation sites is 1. The number of halogens is 2. The first kappa shape index (κ1) is 22.0. The molecule has 1 unspecified atom stereocenters. The van der Waals surface area contributed by atoms with Crippen LogP contribution in [0.15, 0.2) is 54.6 Å². The van der Waals surface area contributed by atoms with E-state index >= 15 is 0 Å². The van der Waals surface area contributed by atoms with Gasteiger partial charge in [-0.05, 0) is 62.2 Å². The number of piperidine rings is 1. The molecule has 3 aromatic rings. The number of esters is 1. The van der Waals surface area contributed by atoms with Crippen molar-refractivity contribution >= 4 is 23.5 Å². The highest BCUT2D eigenvalue weighted by Crippen LogP contribution is 2.28. The van der Waals surface area contributed by atoms with Crippen molar-refractivity contribution in [3.8, 4) is 16.9 Å². The van der Waals surface area contributed by atoms with Gasteiger partial charge in [-0.1, -0.05) is 23.7 Å². The summed E-state index contributed by atoms with van der Waals surface area (Å²) in [5.41, 5.74) is 2.08. The number of hydrogen-bond donors (Lipinski definition) is 0. The van der Waals surface area contributed by atoms with Crippen molar-refractivity contribution in [1.82, 2.24) is 14.7 Å². The third-order valence-corrected chi connectivity index (χ3v) is 5.80. The van der Waals surface area contributed by atoms with Gasteiger partial charge in [0.2, 0.25) is 0 Å². The van der Waals surface area contributed by atoms with Crippen LogP contribution in [-0.4, -0.2) is 46.3 Å². The lowest BCUT2D eigenvalue weighted by Crippen LogP contribution is -2.43. The molecule has 32 heavy (non-hydrogen) atoms. The molecule has 1 aliphatic rings. The highest BCUT2D eigenvalue weighted by Gasteiger charge is 2.32. The number of ether oxygens (including phenoxy) is 1. The summed E-state index contributed by atoms with van der Waals surface area (Å²) in [6, 6.07) is 14.7. The molecule has 0 N–H and O–H groups in total. The van der Waals surface area contributed by atoms with E-state index in [-0.39, 0.29) is 30.2 Å². The summed E-state index contributed by atoms with van der Waals surface area (Å²) in [6.07, 6.45) is 1.40. The van der Waals surface area contributed by atoms with E-state index in [4.69, 9.17) is 16.3 Å². The first-order valence-corrected chi connectivity index (χ1v) is 10.9. The van der Waals surface area contributed by atoms with E-state index in [0.29, 0.717) is 53.7 Å². The third kappa shape index (κ3) is 4.53. The van der Waals surface area contributed by atoms with Crippen molar-refractivity contribution in [2.75, 3.05) is 19.7 Å². The standard InChI is InChI=1S/C24H23ClFN3O3/c1-2-32-24(31)17-6-5-13-28(15-17)23(30)22-14-20(16-9-11-18(26)12-10-16)27-29(22)21-8-4-3-7-19(21)25/h3-4,7-12,14,17H,2,5-6,13,15H2,1H3. The summed E-state index contributed by atoms with van der Waals surface area (Å²) in [6.45, 7) is 2.90. The molecule has 8 heteroatoms. The van der Waals surface area contributed by atoms with Gasteiger partial charge >= 0.3 is 5.97 Å². The van der Waals surface area contributed by atoms with E-state index in [1.54, 1.807) is 48.2 Å². The zero-order valence-corrected chi connectivity index (χ0v) is 18.4. The van der Waals surface area contributed by atoms with E-state index < -0.39 is 0 Å². The van der Waals surface area contributed by atoms with Gasteiger partial charge in [0.25, 0.3) is 5.91 Å². The fourth-order valence-corrected chi connectivity index (χ4v) is 4.09. The van der Waals surface area contributed by atoms with Crippen molar-refractivity contribution in [1.29, 1.82) is 0 Å². The lowest BCUT2D eigenvalue weighted by atomic mass is 9.98. The summed E-state index contributed by atoms with van der Waals surface area (Å²) in [5, 5.41) is 5.05. The van der Waals surface area contributed by atoms with Crippen LogP contribution in [0.2, 0.25) is 5.02 Å². The molecule has 1 saturated heterocycles. The fourth-order valence-electron chi connectivity index (χ4n) is 3.88. The van der Waals surface area contributed by atoms with Crippen molar-refractivity contribution in [3.05, 3.63) is 71.1 Å². The van der Waals surface area contributed by atoms with Crippen LogP contribution >= 0.6 is 11.6 Å². The van der Waals surface area contributed by atoms with Crippen LogP contribution in [0.3, 0.4) is 0 Å². The topological polar surface area (TPSA) is 64.4 Å². The van der Waals surface area contributed by atoms with Crippen LogP contribution in [0.1, 0.15) is 30.3 Å². The van der Waals surface area contributed by atoms with E-state index in [9.17, 15) is 14.0 Å². The Labute approximate surface area is 190 Å². The Kier molecular flexibility index (Phi) is 6.55. The van der Waals surface area contributed by atoms with Crippen LogP contribution in [-0.2, 0) is 9.53 Å². The largest absolute Gasteiger partial charge is 0.466 e. The van der Waals surface area contributed by atoms with Crippen LogP contribution in [0.5, 0.6) is 0 Å². The number of likely N-dealkylation sites (tertiary alicyclic amines) is 1. The Morgan fingerprint density at radius 2 is 1.94 bits per heavy atom. The van der Waals surface area contributed by atoms with Crippen LogP contribution in [0.25, 0.3) is 16.9 Å². The Hall–Kier alpha value is -3.19. The van der Waals surface area contributed by atoms with E-state index in [0.717, 1.165) is 0 Å². The highest BCUT2D eigenvalue weighted by molar-refractivity contribution is 6.32. The van der Waals surface area contributed by atoms with E-state index in [1.165, 1.54) is 16.8 Å². The minimum absolute atomic E-state index is 0.250. The first-order valence-electron chi connectivity index (χ1n) is 10.5. The number of amides is 1. The molecule has 0 bridgehead atoms. The normalized spacial score (nSPS) is 16.1. The molecule has 0 spiro atoms. The Morgan fingerprint density at radius 3 is 2.66 bits per heavy atom. The number of aromatic nitrogens is 2. The zero-order valence-electron chi connectivity index (χ0n) is 17.6. The summed E-state index contributed by atoms with van der Waals surface area (Å²) in [7, 11) is 0. The van der Waals surface area contributed by atoms with Gasteiger partial charge in [-0.3, -0.25) is 9.59 Å². The second-order valence-corrected chi connectivity index (χ2v) is 8.03. The minimum Gasteiger partial charge on any atom is -0.466 e. The summed E-state index contributed by atoms with van der Waals surface area (Å²) in [5.74, 6) is -1.23. The van der Waals surface area contributed by atoms with Crippen molar-refractivity contribution < 1.29 is 18.7 Å². The first-order chi connectivity index (χ1) is 15.5. The maximum Gasteiger partial charge on any atom is 0.310 e. The van der Waals surface area contributed by atoms with Gasteiger partial charge in [0, 0.05) is 18.7 Å². The number of carbonyl (C=O) groups excluding carboxylic acids is 2. The average Bonchev–Trinajstić information content (AvgIpc) is 3.25. The lowest BCUT2D eigenvalue weighted by Gasteiger charge is -2.31. The Balaban J connectivity index is 1.71. The number of carbonyl (C=O) groups is 2. The number of nitrogens with zero attached hydrogens (tertiary/aromatic N) is 3. The maximum atomic E-state index is 13.5. The molecule has 2 heterocycles. The van der Waals surface area contributed by atoms with Crippen LogP contribution < -0.4 is 0 Å². The molecule has 4 rings (SSSR count). The number of rotatable bonds is 5. The van der Waals surface area contributed by atoms with Crippen molar-refractivity contribution in [2.24, 2.45) is 5.92 Å². The minimum atomic E-state index is -0.353. The molecule has 0 saturated carbocycles. The summed E-state index contributed by atoms with van der Waals surface area (Å²) >= 11 is 6.40. The second kappa shape index (κ2) is 9.53. The van der Waals surface area contributed by atoms with Crippen LogP contribution in [0, 0.1) is 11.7 Å². The van der Waals surface area contributed by atoms with E-state index in [1.807, 2.05) is 6.07 Å². The summed E-state index contributed by atoms with van der Waals surface area (Å²) in [4.78, 5) is 27.4. The molecule has 166 valence electrons. The summed E-state index contributed by atoms with van der Waals surface area (Å²) < 4.78 is 20.1. The van der Waals surface area contributed by atoms with Crippen molar-refractivity contribution in [3.63, 3.8) is 0 Å². The maximum absolute atomic E-state index is 13.5. The van der Waals surface area contributed by atoms with Gasteiger partial charge in [-0.15, -0.1) is 0 Å². The molecule has 1 fully saturated rings. The van der Waals surface area contributed by atoms with Gasteiger partial charge in [-0.25, -0.2) is 9.07 Å². The molecule has 1 aliphatic heterocycles. The van der Waals surface area contributed by atoms with Crippen molar-refractivity contribution in [2.45, 2.75) is 19.8 Å². The second-order valence-electron chi connectivity index (χ2n) is 7.63. The predicted octanol–water partition coefficient (Wildman–Crippen LogP) is 4.75. The van der Waals surface area contributed by atoms with Gasteiger partial charge in [0.1, 0.15) is 11.5 Å². The smallest absolute Gasteiger partial charge is 0.310 e. The van der Waals surface area contributed by atoms with E-state index in [2.05, 4.69) is 5.10 Å². The Morgan fingerprint density at radius 1 is 1.19 bits per heavy atom. The molecule has 6 nitrogen and oxygen atoms in total. The van der Waals surface area contributed by atoms with Gasteiger partial charge < -0.3 is 9.64 Å². The number of benzene rings is 2. The Bertz CT molecular complexity index is 1130. The highest BCUT2D eigenvalue weighted by atomic mass is 35.5. The number of hydrogen-bond acceptors (Lipinski definition) is 4. The molecular weight excluding hydrogens is 433 g/mol. The predicted molar refractivity (Wildman–Crippen MR) is 119 cm³/mol. The quantitative estimate of drug-likeness (QED) is 0.521. The average molecular weight is 456 g/mol. The molecule has 0 radical (unpaired) electrons. The molecule has 1 atom stereocenters. The fraction of sp³-hybridized carbons (Fsp3) is 0.292. The molecule has 0 aliphatic carbocycles. The van der Waals surface area contributed by atoms with Gasteiger partial charge in [-0.2, -0.15) is 5.10 Å². The van der Waals surface area contributed by atoms with Gasteiger partial charge in [0.15, 0.2) is 0 Å². The molecule has 1 amide bonds. The monoisotopic (exact) mass is 455 g/mol. The molecule has 1 aromatic heterocycles. The SMILES string of the molecule is CCOC(=O)C1CCCN(C(=O)c2cc(-c3ccc(F)cc3)nn2-c2ccccc2Cl)C1. The third-order valence-electron chi connectivity index (χ3n) is 5.48. The van der Waals surface area contributed by atoms with Crippen LogP contribution in [0.4, 0.5) is 4.39 Å². The molecule has 2 aromatic carbocycles. The van der Waals surface area contributed by atoms with Gasteiger partial charge in [0.05, 0.1) is 28.9 Å². The molecular formula is C24H23ClFN3O3. The lowest BCUT2D eigenvalue weighted by molar-refractivity contribution is -0.149.